The van der Waals surface area contributed by atoms with Crippen molar-refractivity contribution in [2.75, 3.05) is 13.2 Å². The van der Waals surface area contributed by atoms with Crippen LogP contribution in [0.4, 0.5) is 4.39 Å². The molecule has 5 nitrogen and oxygen atoms in total. The molecule has 130 valence electrons. The van der Waals surface area contributed by atoms with Crippen molar-refractivity contribution in [1.29, 1.82) is 0 Å². The zero-order chi connectivity index (χ0) is 16.8. The Balaban J connectivity index is 1.61. The summed E-state index contributed by atoms with van der Waals surface area (Å²) in [6, 6.07) is 7.12. The standard InChI is InChI=1S/C18H24FN3O2/c19-16-9-2-1-6-14(16)12-17-20-18(24-21-17)13-22-10-4-3-7-15(22)8-5-11-23/h1-2,6,9,15,23H,3-5,7-8,10-13H2/t15-/m0/s1. The Morgan fingerprint density at radius 1 is 1.29 bits per heavy atom. The van der Waals surface area contributed by atoms with Crippen molar-refractivity contribution in [3.05, 3.63) is 47.4 Å². The Labute approximate surface area is 141 Å². The molecule has 1 aliphatic heterocycles. The minimum absolute atomic E-state index is 0.234. The lowest BCUT2D eigenvalue weighted by atomic mass is 9.98. The Hall–Kier alpha value is -1.79. The summed E-state index contributed by atoms with van der Waals surface area (Å²) in [6.45, 7) is 1.87. The summed E-state index contributed by atoms with van der Waals surface area (Å²) in [7, 11) is 0. The first kappa shape index (κ1) is 17.0. The average Bonchev–Trinajstić information content (AvgIpc) is 3.03. The van der Waals surface area contributed by atoms with Gasteiger partial charge in [0.25, 0.3) is 0 Å². The summed E-state index contributed by atoms with van der Waals surface area (Å²) in [5.41, 5.74) is 0.573. The van der Waals surface area contributed by atoms with Crippen molar-refractivity contribution < 1.29 is 14.0 Å². The third-order valence-corrected chi connectivity index (χ3v) is 4.60. The van der Waals surface area contributed by atoms with Crippen molar-refractivity contribution in [1.82, 2.24) is 15.0 Å². The largest absolute Gasteiger partial charge is 0.396 e. The molecule has 0 saturated carbocycles. The minimum Gasteiger partial charge on any atom is -0.396 e. The van der Waals surface area contributed by atoms with Gasteiger partial charge in [0, 0.05) is 19.1 Å². The van der Waals surface area contributed by atoms with E-state index in [4.69, 9.17) is 9.63 Å². The quantitative estimate of drug-likeness (QED) is 0.844. The molecule has 24 heavy (non-hydrogen) atoms. The van der Waals surface area contributed by atoms with Gasteiger partial charge in [-0.15, -0.1) is 0 Å². The van der Waals surface area contributed by atoms with Gasteiger partial charge in [-0.3, -0.25) is 4.90 Å². The lowest BCUT2D eigenvalue weighted by molar-refractivity contribution is 0.110. The Morgan fingerprint density at radius 2 is 2.17 bits per heavy atom. The zero-order valence-electron chi connectivity index (χ0n) is 13.8. The highest BCUT2D eigenvalue weighted by Gasteiger charge is 2.24. The van der Waals surface area contributed by atoms with Crippen LogP contribution in [0.15, 0.2) is 28.8 Å². The van der Waals surface area contributed by atoms with Gasteiger partial charge in [0.2, 0.25) is 5.89 Å². The molecule has 1 aromatic carbocycles. The summed E-state index contributed by atoms with van der Waals surface area (Å²) in [6.07, 6.45) is 5.71. The minimum atomic E-state index is -0.246. The molecule has 0 aliphatic carbocycles. The highest BCUT2D eigenvalue weighted by atomic mass is 19.1. The van der Waals surface area contributed by atoms with Gasteiger partial charge in [0.15, 0.2) is 5.82 Å². The van der Waals surface area contributed by atoms with Crippen LogP contribution in [0.5, 0.6) is 0 Å². The zero-order valence-corrected chi connectivity index (χ0v) is 13.8. The topological polar surface area (TPSA) is 62.4 Å². The molecular formula is C18H24FN3O2. The molecule has 1 aliphatic rings. The molecule has 0 amide bonds. The second-order valence-electron chi connectivity index (χ2n) is 6.36. The first-order valence-electron chi connectivity index (χ1n) is 8.66. The number of nitrogens with zero attached hydrogens (tertiary/aromatic N) is 3. The molecule has 0 bridgehead atoms. The Kier molecular flexibility index (Phi) is 5.93. The number of aliphatic hydroxyl groups excluding tert-OH is 1. The molecule has 1 aromatic heterocycles. The van der Waals surface area contributed by atoms with Crippen LogP contribution in [0.1, 0.15) is 49.4 Å². The lowest BCUT2D eigenvalue weighted by Crippen LogP contribution is -2.39. The molecule has 2 heterocycles. The van der Waals surface area contributed by atoms with Crippen LogP contribution < -0.4 is 0 Å². The van der Waals surface area contributed by atoms with E-state index in [-0.39, 0.29) is 12.4 Å². The SMILES string of the molecule is OCCC[C@@H]1CCCCN1Cc1nc(Cc2ccccc2F)no1. The van der Waals surface area contributed by atoms with Crippen molar-refractivity contribution in [3.8, 4) is 0 Å². The number of piperidine rings is 1. The summed E-state index contributed by atoms with van der Waals surface area (Å²) >= 11 is 0. The van der Waals surface area contributed by atoms with Crippen LogP contribution in [-0.2, 0) is 13.0 Å². The number of hydrogen-bond acceptors (Lipinski definition) is 5. The second kappa shape index (κ2) is 8.35. The van der Waals surface area contributed by atoms with Crippen molar-refractivity contribution >= 4 is 0 Å². The third kappa shape index (κ3) is 4.39. The van der Waals surface area contributed by atoms with Crippen molar-refractivity contribution in [3.63, 3.8) is 0 Å². The molecule has 6 heteroatoms. The number of aliphatic hydroxyl groups is 1. The maximum atomic E-state index is 13.7. The number of aromatic nitrogens is 2. The van der Waals surface area contributed by atoms with E-state index in [2.05, 4.69) is 15.0 Å². The van der Waals surface area contributed by atoms with Crippen LogP contribution in [0.25, 0.3) is 0 Å². The first-order chi connectivity index (χ1) is 11.8. The smallest absolute Gasteiger partial charge is 0.240 e. The van der Waals surface area contributed by atoms with Crippen LogP contribution in [0.2, 0.25) is 0 Å². The molecule has 1 fully saturated rings. The monoisotopic (exact) mass is 333 g/mol. The molecule has 1 saturated heterocycles. The first-order valence-corrected chi connectivity index (χ1v) is 8.66. The highest BCUT2D eigenvalue weighted by Crippen LogP contribution is 2.22. The van der Waals surface area contributed by atoms with E-state index in [1.165, 1.54) is 18.9 Å². The van der Waals surface area contributed by atoms with E-state index in [9.17, 15) is 4.39 Å². The van der Waals surface area contributed by atoms with Gasteiger partial charge < -0.3 is 9.63 Å². The maximum Gasteiger partial charge on any atom is 0.240 e. The number of rotatable bonds is 7. The molecular weight excluding hydrogens is 309 g/mol. The van der Waals surface area contributed by atoms with Gasteiger partial charge in [-0.05, 0) is 43.9 Å². The van der Waals surface area contributed by atoms with Crippen molar-refractivity contribution in [2.45, 2.75) is 51.1 Å². The maximum absolute atomic E-state index is 13.7. The molecule has 0 spiro atoms. The summed E-state index contributed by atoms with van der Waals surface area (Å²) < 4.78 is 19.1. The van der Waals surface area contributed by atoms with Gasteiger partial charge in [-0.25, -0.2) is 4.39 Å². The number of halogens is 1. The fraction of sp³-hybridized carbons (Fsp3) is 0.556. The number of benzene rings is 1. The fourth-order valence-electron chi connectivity index (χ4n) is 3.33. The van der Waals surface area contributed by atoms with E-state index < -0.39 is 0 Å². The van der Waals surface area contributed by atoms with E-state index in [1.807, 2.05) is 0 Å². The van der Waals surface area contributed by atoms with Crippen molar-refractivity contribution in [2.24, 2.45) is 0 Å². The number of hydrogen-bond donors (Lipinski definition) is 1. The second-order valence-corrected chi connectivity index (χ2v) is 6.36. The summed E-state index contributed by atoms with van der Waals surface area (Å²) in [4.78, 5) is 6.78. The van der Waals surface area contributed by atoms with E-state index in [0.29, 0.717) is 36.3 Å². The van der Waals surface area contributed by atoms with Crippen LogP contribution in [-0.4, -0.2) is 39.3 Å². The molecule has 1 atom stereocenters. The molecule has 3 rings (SSSR count). The van der Waals surface area contributed by atoms with Gasteiger partial charge in [0.1, 0.15) is 5.82 Å². The van der Waals surface area contributed by atoms with Gasteiger partial charge >= 0.3 is 0 Å². The van der Waals surface area contributed by atoms with Gasteiger partial charge in [-0.1, -0.05) is 29.8 Å². The normalized spacial score (nSPS) is 18.8. The van der Waals surface area contributed by atoms with Gasteiger partial charge in [-0.2, -0.15) is 4.98 Å². The fourth-order valence-corrected chi connectivity index (χ4v) is 3.33. The predicted octanol–water partition coefficient (Wildman–Crippen LogP) is 2.93. The Bertz CT molecular complexity index is 647. The van der Waals surface area contributed by atoms with E-state index >= 15 is 0 Å². The summed E-state index contributed by atoms with van der Waals surface area (Å²) in [5.74, 6) is 0.847. The highest BCUT2D eigenvalue weighted by molar-refractivity contribution is 5.20. The van der Waals surface area contributed by atoms with Crippen LogP contribution in [0.3, 0.4) is 0 Å². The third-order valence-electron chi connectivity index (χ3n) is 4.60. The molecule has 1 N–H and O–H groups in total. The lowest BCUT2D eigenvalue weighted by Gasteiger charge is -2.34. The molecule has 0 unspecified atom stereocenters. The number of likely N-dealkylation sites (tertiary alicyclic amines) is 1. The Morgan fingerprint density at radius 3 is 3.00 bits per heavy atom. The average molecular weight is 333 g/mol. The van der Waals surface area contributed by atoms with Crippen LogP contribution in [0, 0.1) is 5.82 Å². The molecule has 0 radical (unpaired) electrons. The van der Waals surface area contributed by atoms with E-state index in [0.717, 1.165) is 25.8 Å². The van der Waals surface area contributed by atoms with Crippen LogP contribution >= 0.6 is 0 Å². The molecule has 2 aromatic rings. The predicted molar refractivity (Wildman–Crippen MR) is 87.9 cm³/mol. The van der Waals surface area contributed by atoms with E-state index in [1.54, 1.807) is 18.2 Å². The summed E-state index contributed by atoms with van der Waals surface area (Å²) in [5, 5.41) is 13.0. The van der Waals surface area contributed by atoms with Gasteiger partial charge in [0.05, 0.1) is 6.54 Å².